The number of rotatable bonds is 3. The Labute approximate surface area is 131 Å². The molecule has 3 nitrogen and oxygen atoms in total. The number of aromatic nitrogens is 2. The maximum absolute atomic E-state index is 6.39. The number of aryl methyl sites for hydroxylation is 1. The van der Waals surface area contributed by atoms with Crippen molar-refractivity contribution in [2.45, 2.75) is 51.6 Å². The van der Waals surface area contributed by atoms with Gasteiger partial charge in [-0.15, -0.1) is 11.6 Å². The molecule has 114 valence electrons. The lowest BCUT2D eigenvalue weighted by Gasteiger charge is -2.52. The zero-order chi connectivity index (χ0) is 15.4. The van der Waals surface area contributed by atoms with Crippen molar-refractivity contribution < 1.29 is 4.74 Å². The molecule has 0 aliphatic heterocycles. The lowest BCUT2D eigenvalue weighted by atomic mass is 9.64. The first-order valence-corrected chi connectivity index (χ1v) is 7.95. The number of nitrogens with zero attached hydrogens (tertiary/aromatic N) is 2. The normalized spacial score (nSPS) is 25.8. The molecule has 1 saturated carbocycles. The molecule has 3 unspecified atom stereocenters. The number of halogens is 1. The minimum absolute atomic E-state index is 0.0899. The first-order valence-electron chi connectivity index (χ1n) is 7.51. The van der Waals surface area contributed by atoms with E-state index in [9.17, 15) is 0 Å². The third-order valence-corrected chi connectivity index (χ3v) is 5.15. The second kappa shape index (κ2) is 4.99. The Balaban J connectivity index is 2.17. The Morgan fingerprint density at radius 1 is 1.43 bits per heavy atom. The van der Waals surface area contributed by atoms with Crippen LogP contribution in [0.25, 0.3) is 11.0 Å². The van der Waals surface area contributed by atoms with Crippen molar-refractivity contribution in [1.82, 2.24) is 9.55 Å². The summed E-state index contributed by atoms with van der Waals surface area (Å²) in [5.74, 6) is 0.963. The van der Waals surface area contributed by atoms with Crippen molar-refractivity contribution in [3.05, 3.63) is 29.6 Å². The molecular formula is C17H23ClN2O. The van der Waals surface area contributed by atoms with Crippen molar-refractivity contribution in [2.75, 3.05) is 7.11 Å². The van der Waals surface area contributed by atoms with Crippen LogP contribution in [0.5, 0.6) is 0 Å². The van der Waals surface area contributed by atoms with E-state index >= 15 is 0 Å². The summed E-state index contributed by atoms with van der Waals surface area (Å²) in [4.78, 5) is 4.76. The summed E-state index contributed by atoms with van der Waals surface area (Å²) in [5, 5.41) is -0.102. The standard InChI is InChI=1S/C17H23ClN2O/c1-10-6-7-12-13(8-10)20(16(19-12)11(2)18)14-9-15(21-5)17(14,3)4/h6-8,11,14-15H,9H2,1-5H3. The molecule has 4 heteroatoms. The summed E-state index contributed by atoms with van der Waals surface area (Å²) in [6.45, 7) is 8.63. The monoisotopic (exact) mass is 306 g/mol. The van der Waals surface area contributed by atoms with Crippen LogP contribution in [0.1, 0.15) is 50.0 Å². The van der Waals surface area contributed by atoms with E-state index in [1.807, 2.05) is 6.92 Å². The van der Waals surface area contributed by atoms with Crippen LogP contribution in [-0.2, 0) is 4.74 Å². The topological polar surface area (TPSA) is 27.1 Å². The molecular weight excluding hydrogens is 284 g/mol. The summed E-state index contributed by atoms with van der Waals surface area (Å²) in [5.41, 5.74) is 3.55. The Morgan fingerprint density at radius 2 is 2.14 bits per heavy atom. The van der Waals surface area contributed by atoms with Crippen LogP contribution in [0.2, 0.25) is 0 Å². The molecule has 0 amide bonds. The summed E-state index contributed by atoms with van der Waals surface area (Å²) in [6, 6.07) is 6.78. The lowest BCUT2D eigenvalue weighted by Crippen LogP contribution is -2.51. The highest BCUT2D eigenvalue weighted by molar-refractivity contribution is 6.20. The van der Waals surface area contributed by atoms with E-state index < -0.39 is 0 Å². The molecule has 0 spiro atoms. The smallest absolute Gasteiger partial charge is 0.127 e. The molecule has 0 radical (unpaired) electrons. The summed E-state index contributed by atoms with van der Waals surface area (Å²) in [7, 11) is 1.80. The molecule has 3 atom stereocenters. The van der Waals surface area contributed by atoms with Gasteiger partial charge < -0.3 is 9.30 Å². The minimum atomic E-state index is -0.102. The van der Waals surface area contributed by atoms with Crippen LogP contribution in [0.15, 0.2) is 18.2 Å². The SMILES string of the molecule is COC1CC(n2c(C(C)Cl)nc3ccc(C)cc32)C1(C)C. The van der Waals surface area contributed by atoms with Gasteiger partial charge in [0.05, 0.1) is 22.5 Å². The number of ether oxygens (including phenoxy) is 1. The third-order valence-electron chi connectivity index (χ3n) is 4.95. The third kappa shape index (κ3) is 2.18. The first kappa shape index (κ1) is 14.9. The van der Waals surface area contributed by atoms with E-state index in [1.54, 1.807) is 7.11 Å². The van der Waals surface area contributed by atoms with Gasteiger partial charge in [0.25, 0.3) is 0 Å². The van der Waals surface area contributed by atoms with Gasteiger partial charge in [0.15, 0.2) is 0 Å². The molecule has 1 aromatic carbocycles. The van der Waals surface area contributed by atoms with Gasteiger partial charge in [-0.05, 0) is 38.0 Å². The molecule has 1 heterocycles. The second-order valence-corrected chi connectivity index (χ2v) is 7.40. The van der Waals surface area contributed by atoms with Crippen LogP contribution in [-0.4, -0.2) is 22.8 Å². The van der Waals surface area contributed by atoms with Gasteiger partial charge in [-0.3, -0.25) is 0 Å². The molecule has 0 saturated heterocycles. The van der Waals surface area contributed by atoms with Crippen molar-refractivity contribution in [3.63, 3.8) is 0 Å². The quantitative estimate of drug-likeness (QED) is 0.773. The number of hydrogen-bond donors (Lipinski definition) is 0. The van der Waals surface area contributed by atoms with E-state index in [-0.39, 0.29) is 10.8 Å². The van der Waals surface area contributed by atoms with Crippen LogP contribution in [0, 0.1) is 12.3 Å². The highest BCUT2D eigenvalue weighted by Gasteiger charge is 2.50. The average Bonchev–Trinajstić information content (AvgIpc) is 2.77. The molecule has 1 fully saturated rings. The fourth-order valence-electron chi connectivity index (χ4n) is 3.53. The van der Waals surface area contributed by atoms with Crippen molar-refractivity contribution in [2.24, 2.45) is 5.41 Å². The molecule has 1 aromatic heterocycles. The zero-order valence-corrected chi connectivity index (χ0v) is 14.1. The molecule has 1 aliphatic rings. The van der Waals surface area contributed by atoms with Gasteiger partial charge in [-0.25, -0.2) is 4.98 Å². The number of methoxy groups -OCH3 is 1. The van der Waals surface area contributed by atoms with Crippen LogP contribution < -0.4 is 0 Å². The van der Waals surface area contributed by atoms with Gasteiger partial charge in [0.1, 0.15) is 5.82 Å². The van der Waals surface area contributed by atoms with Gasteiger partial charge in [-0.2, -0.15) is 0 Å². The Kier molecular flexibility index (Phi) is 3.53. The Morgan fingerprint density at radius 3 is 2.71 bits per heavy atom. The number of fused-ring (bicyclic) bond motifs is 1. The average molecular weight is 307 g/mol. The number of alkyl halides is 1. The van der Waals surface area contributed by atoms with Crippen LogP contribution in [0.3, 0.4) is 0 Å². The summed E-state index contributed by atoms with van der Waals surface area (Å²) in [6.07, 6.45) is 1.31. The van der Waals surface area contributed by atoms with E-state index in [4.69, 9.17) is 21.3 Å². The van der Waals surface area contributed by atoms with Crippen LogP contribution >= 0.6 is 11.6 Å². The van der Waals surface area contributed by atoms with E-state index in [0.29, 0.717) is 12.1 Å². The van der Waals surface area contributed by atoms with Gasteiger partial charge in [0, 0.05) is 18.6 Å². The molecule has 2 aromatic rings. The predicted octanol–water partition coefficient (Wildman–Crippen LogP) is 4.63. The zero-order valence-electron chi connectivity index (χ0n) is 13.4. The highest BCUT2D eigenvalue weighted by atomic mass is 35.5. The van der Waals surface area contributed by atoms with Crippen molar-refractivity contribution in [1.29, 1.82) is 0 Å². The van der Waals surface area contributed by atoms with Gasteiger partial charge >= 0.3 is 0 Å². The van der Waals surface area contributed by atoms with Gasteiger partial charge in [-0.1, -0.05) is 19.9 Å². The first-order chi connectivity index (χ1) is 9.86. The number of hydrogen-bond acceptors (Lipinski definition) is 2. The maximum Gasteiger partial charge on any atom is 0.127 e. The lowest BCUT2D eigenvalue weighted by molar-refractivity contribution is -0.112. The molecule has 0 N–H and O–H groups in total. The predicted molar refractivity (Wildman–Crippen MR) is 87.0 cm³/mol. The van der Waals surface area contributed by atoms with Crippen molar-refractivity contribution >= 4 is 22.6 Å². The Hall–Kier alpha value is -1.06. The van der Waals surface area contributed by atoms with Gasteiger partial charge in [0.2, 0.25) is 0 Å². The number of imidazole rings is 1. The largest absolute Gasteiger partial charge is 0.381 e. The summed E-state index contributed by atoms with van der Waals surface area (Å²) < 4.78 is 7.94. The molecule has 0 bridgehead atoms. The maximum atomic E-state index is 6.39. The summed E-state index contributed by atoms with van der Waals surface area (Å²) >= 11 is 6.39. The van der Waals surface area contributed by atoms with E-state index in [1.165, 1.54) is 11.1 Å². The fourth-order valence-corrected chi connectivity index (χ4v) is 3.69. The van der Waals surface area contributed by atoms with Crippen molar-refractivity contribution in [3.8, 4) is 0 Å². The van der Waals surface area contributed by atoms with Crippen LogP contribution in [0.4, 0.5) is 0 Å². The molecule has 3 rings (SSSR count). The van der Waals surface area contributed by atoms with E-state index in [2.05, 4.69) is 43.5 Å². The minimum Gasteiger partial charge on any atom is -0.381 e. The Bertz CT molecular complexity index is 675. The highest BCUT2D eigenvalue weighted by Crippen LogP contribution is 2.53. The van der Waals surface area contributed by atoms with E-state index in [0.717, 1.165) is 17.8 Å². The fraction of sp³-hybridized carbons (Fsp3) is 0.588. The molecule has 1 aliphatic carbocycles. The number of benzene rings is 1. The second-order valence-electron chi connectivity index (χ2n) is 6.75. The molecule has 21 heavy (non-hydrogen) atoms.